The third-order valence-corrected chi connectivity index (χ3v) is 4.73. The molecule has 0 aliphatic rings. The van der Waals surface area contributed by atoms with Gasteiger partial charge in [-0.05, 0) is 32.0 Å². The predicted molar refractivity (Wildman–Crippen MR) is 70.0 cm³/mol. The maximum Gasteiger partial charge on any atom is 0.338 e. The molecule has 0 unspecified atom stereocenters. The second-order valence-electron chi connectivity index (χ2n) is 4.29. The summed E-state index contributed by atoms with van der Waals surface area (Å²) < 4.78 is 40.9. The Morgan fingerprint density at radius 1 is 1.42 bits per heavy atom. The summed E-state index contributed by atoms with van der Waals surface area (Å²) in [5.74, 6) is -1.75. The lowest BCUT2D eigenvalue weighted by Gasteiger charge is -2.08. The molecule has 7 heteroatoms. The standard InChI is InChI=1S/C12H16FNO4S/c1-8(2)19(16,17)6-5-18-12(15)9-3-4-11(14)10(13)7-9/h3-4,7-8H,5-6,14H2,1-2H3. The van der Waals surface area contributed by atoms with Crippen molar-refractivity contribution < 1.29 is 22.3 Å². The summed E-state index contributed by atoms with van der Waals surface area (Å²) in [6.45, 7) is 2.84. The molecule has 0 aliphatic carbocycles. The van der Waals surface area contributed by atoms with Crippen LogP contribution in [0, 0.1) is 5.82 Å². The fraction of sp³-hybridized carbons (Fsp3) is 0.417. The molecule has 0 amide bonds. The number of hydrogen-bond acceptors (Lipinski definition) is 5. The zero-order valence-corrected chi connectivity index (χ0v) is 11.5. The van der Waals surface area contributed by atoms with Crippen LogP contribution in [0.15, 0.2) is 18.2 Å². The highest BCUT2D eigenvalue weighted by Crippen LogP contribution is 2.13. The lowest BCUT2D eigenvalue weighted by atomic mass is 10.2. The zero-order chi connectivity index (χ0) is 14.6. The summed E-state index contributed by atoms with van der Waals surface area (Å²) in [5, 5.41) is -0.528. The number of carbonyl (C=O) groups excluding carboxylic acids is 1. The molecule has 1 rings (SSSR count). The van der Waals surface area contributed by atoms with Gasteiger partial charge in [0.15, 0.2) is 9.84 Å². The van der Waals surface area contributed by atoms with E-state index < -0.39 is 26.9 Å². The van der Waals surface area contributed by atoms with E-state index in [0.717, 1.165) is 6.07 Å². The van der Waals surface area contributed by atoms with E-state index in [9.17, 15) is 17.6 Å². The average molecular weight is 289 g/mol. The highest BCUT2D eigenvalue weighted by Gasteiger charge is 2.17. The lowest BCUT2D eigenvalue weighted by molar-refractivity contribution is 0.0528. The third kappa shape index (κ3) is 4.20. The Morgan fingerprint density at radius 2 is 2.05 bits per heavy atom. The van der Waals surface area contributed by atoms with E-state index in [-0.39, 0.29) is 23.6 Å². The fourth-order valence-corrected chi connectivity index (χ4v) is 2.01. The number of carbonyl (C=O) groups is 1. The first-order valence-corrected chi connectivity index (χ1v) is 7.39. The number of hydrogen-bond donors (Lipinski definition) is 1. The van der Waals surface area contributed by atoms with Crippen molar-refractivity contribution in [2.45, 2.75) is 19.1 Å². The molecule has 0 aliphatic heterocycles. The van der Waals surface area contributed by atoms with Crippen LogP contribution in [0.5, 0.6) is 0 Å². The smallest absolute Gasteiger partial charge is 0.338 e. The van der Waals surface area contributed by atoms with E-state index >= 15 is 0 Å². The number of nitrogen functional groups attached to an aromatic ring is 1. The molecule has 0 aromatic heterocycles. The Balaban J connectivity index is 2.59. The van der Waals surface area contributed by atoms with E-state index in [4.69, 9.17) is 10.5 Å². The van der Waals surface area contributed by atoms with Crippen molar-refractivity contribution in [1.29, 1.82) is 0 Å². The Bertz CT molecular complexity index is 569. The number of nitrogens with two attached hydrogens (primary N) is 1. The molecule has 19 heavy (non-hydrogen) atoms. The van der Waals surface area contributed by atoms with E-state index in [1.165, 1.54) is 12.1 Å². The highest BCUT2D eigenvalue weighted by molar-refractivity contribution is 7.91. The molecule has 0 spiro atoms. The molecule has 0 saturated heterocycles. The van der Waals surface area contributed by atoms with Gasteiger partial charge in [-0.2, -0.15) is 0 Å². The van der Waals surface area contributed by atoms with Crippen LogP contribution in [-0.4, -0.2) is 32.0 Å². The van der Waals surface area contributed by atoms with Crippen LogP contribution < -0.4 is 5.73 Å². The molecular weight excluding hydrogens is 273 g/mol. The van der Waals surface area contributed by atoms with Crippen LogP contribution in [0.1, 0.15) is 24.2 Å². The molecule has 1 aromatic carbocycles. The van der Waals surface area contributed by atoms with Crippen molar-refractivity contribution in [3.05, 3.63) is 29.6 Å². The van der Waals surface area contributed by atoms with Gasteiger partial charge < -0.3 is 10.5 Å². The van der Waals surface area contributed by atoms with Gasteiger partial charge in [0.2, 0.25) is 0 Å². The van der Waals surface area contributed by atoms with Gasteiger partial charge in [-0.1, -0.05) is 0 Å². The predicted octanol–water partition coefficient (Wildman–Crippen LogP) is 1.39. The number of rotatable bonds is 5. The fourth-order valence-electron chi connectivity index (χ4n) is 1.22. The Morgan fingerprint density at radius 3 is 2.58 bits per heavy atom. The van der Waals surface area contributed by atoms with Gasteiger partial charge in [-0.3, -0.25) is 0 Å². The van der Waals surface area contributed by atoms with E-state index in [2.05, 4.69) is 0 Å². The minimum atomic E-state index is -3.26. The highest BCUT2D eigenvalue weighted by atomic mass is 32.2. The van der Waals surface area contributed by atoms with Crippen LogP contribution in [0.3, 0.4) is 0 Å². The van der Waals surface area contributed by atoms with Crippen molar-refractivity contribution in [2.24, 2.45) is 0 Å². The van der Waals surface area contributed by atoms with Crippen molar-refractivity contribution in [3.63, 3.8) is 0 Å². The summed E-state index contributed by atoms with van der Waals surface area (Å²) in [7, 11) is -3.26. The summed E-state index contributed by atoms with van der Waals surface area (Å²) >= 11 is 0. The maximum atomic E-state index is 13.1. The first-order chi connectivity index (χ1) is 8.74. The summed E-state index contributed by atoms with van der Waals surface area (Å²) in [6.07, 6.45) is 0. The lowest BCUT2D eigenvalue weighted by Crippen LogP contribution is -2.22. The van der Waals surface area contributed by atoms with Gasteiger partial charge in [0.25, 0.3) is 0 Å². The number of sulfone groups is 1. The number of anilines is 1. The van der Waals surface area contributed by atoms with Crippen LogP contribution in [0.25, 0.3) is 0 Å². The maximum absolute atomic E-state index is 13.1. The van der Waals surface area contributed by atoms with Gasteiger partial charge in [0.1, 0.15) is 12.4 Å². The monoisotopic (exact) mass is 289 g/mol. The molecule has 0 fully saturated rings. The number of benzene rings is 1. The van der Waals surface area contributed by atoms with E-state index in [0.29, 0.717) is 0 Å². The SMILES string of the molecule is CC(C)S(=O)(=O)CCOC(=O)c1ccc(N)c(F)c1. The molecule has 2 N–H and O–H groups in total. The van der Waals surface area contributed by atoms with E-state index in [1.807, 2.05) is 0 Å². The Kier molecular flexibility index (Phi) is 4.88. The van der Waals surface area contributed by atoms with Crippen molar-refractivity contribution >= 4 is 21.5 Å². The molecule has 0 atom stereocenters. The quantitative estimate of drug-likeness (QED) is 0.654. The Hall–Kier alpha value is -1.63. The minimum Gasteiger partial charge on any atom is -0.461 e. The van der Waals surface area contributed by atoms with Crippen LogP contribution in [0.4, 0.5) is 10.1 Å². The Labute approximate surface area is 111 Å². The minimum absolute atomic E-state index is 0.00588. The normalized spacial score (nSPS) is 11.6. The molecule has 5 nitrogen and oxygen atoms in total. The summed E-state index contributed by atoms with van der Waals surface area (Å²) in [5.41, 5.74) is 5.20. The molecule has 0 heterocycles. The van der Waals surface area contributed by atoms with Crippen molar-refractivity contribution in [3.8, 4) is 0 Å². The summed E-state index contributed by atoms with van der Waals surface area (Å²) in [6, 6.07) is 3.52. The van der Waals surface area contributed by atoms with Gasteiger partial charge in [0.05, 0.1) is 22.3 Å². The average Bonchev–Trinajstić information content (AvgIpc) is 2.32. The van der Waals surface area contributed by atoms with Gasteiger partial charge in [0, 0.05) is 0 Å². The number of ether oxygens (including phenoxy) is 1. The molecule has 0 bridgehead atoms. The summed E-state index contributed by atoms with van der Waals surface area (Å²) in [4.78, 5) is 11.5. The van der Waals surface area contributed by atoms with Crippen LogP contribution >= 0.6 is 0 Å². The third-order valence-electron chi connectivity index (χ3n) is 2.56. The first-order valence-electron chi connectivity index (χ1n) is 5.68. The van der Waals surface area contributed by atoms with Gasteiger partial charge in [-0.25, -0.2) is 17.6 Å². The van der Waals surface area contributed by atoms with Gasteiger partial charge >= 0.3 is 5.97 Å². The molecule has 0 radical (unpaired) electrons. The van der Waals surface area contributed by atoms with Crippen LogP contribution in [0.2, 0.25) is 0 Å². The molecule has 106 valence electrons. The second-order valence-corrected chi connectivity index (χ2v) is 6.96. The first kappa shape index (κ1) is 15.4. The van der Waals surface area contributed by atoms with Crippen molar-refractivity contribution in [2.75, 3.05) is 18.1 Å². The topological polar surface area (TPSA) is 86.5 Å². The zero-order valence-electron chi connectivity index (χ0n) is 10.7. The number of halogens is 1. The largest absolute Gasteiger partial charge is 0.461 e. The molecule has 1 aromatic rings. The van der Waals surface area contributed by atoms with Crippen LogP contribution in [-0.2, 0) is 14.6 Å². The van der Waals surface area contributed by atoms with E-state index in [1.54, 1.807) is 13.8 Å². The van der Waals surface area contributed by atoms with Crippen molar-refractivity contribution in [1.82, 2.24) is 0 Å². The molecular formula is C12H16FNO4S. The number of esters is 1. The van der Waals surface area contributed by atoms with Gasteiger partial charge in [-0.15, -0.1) is 0 Å². The second kappa shape index (κ2) is 6.01. The molecule has 0 saturated carbocycles.